The zero-order valence-electron chi connectivity index (χ0n) is 13.5. The van der Waals surface area contributed by atoms with Crippen molar-refractivity contribution in [2.24, 2.45) is 0 Å². The van der Waals surface area contributed by atoms with E-state index in [1.807, 2.05) is 0 Å². The molecule has 0 bridgehead atoms. The molecule has 1 aromatic carbocycles. The second-order valence-electron chi connectivity index (χ2n) is 5.67. The molecule has 8 heteroatoms. The van der Waals surface area contributed by atoms with E-state index >= 15 is 0 Å². The molecule has 0 aliphatic carbocycles. The highest BCUT2D eigenvalue weighted by Gasteiger charge is 2.33. The molecule has 1 fully saturated rings. The minimum absolute atomic E-state index is 0.130. The summed E-state index contributed by atoms with van der Waals surface area (Å²) in [5, 5.41) is 3.62. The zero-order valence-corrected chi connectivity index (χ0v) is 13.5. The predicted octanol–water partition coefficient (Wildman–Crippen LogP) is 3.28. The van der Waals surface area contributed by atoms with Gasteiger partial charge in [0.2, 0.25) is 0 Å². The number of cyclic esters (lactones) is 1. The molecule has 3 heterocycles. The van der Waals surface area contributed by atoms with Gasteiger partial charge in [-0.1, -0.05) is 6.07 Å². The second-order valence-corrected chi connectivity index (χ2v) is 5.67. The number of carbonyl (C=O) groups is 1. The van der Waals surface area contributed by atoms with Crippen LogP contribution in [0.15, 0.2) is 59.6 Å². The average Bonchev–Trinajstić information content (AvgIpc) is 3.30. The third kappa shape index (κ3) is 3.21. The van der Waals surface area contributed by atoms with Crippen molar-refractivity contribution in [2.75, 3.05) is 18.1 Å². The molecule has 0 radical (unpaired) electrons. The Bertz CT molecular complexity index is 902. The number of halogens is 1. The molecule has 1 saturated heterocycles. The first-order chi connectivity index (χ1) is 12.7. The summed E-state index contributed by atoms with van der Waals surface area (Å²) in [6.07, 6.45) is 3.55. The van der Waals surface area contributed by atoms with Crippen molar-refractivity contribution in [1.82, 2.24) is 10.1 Å². The number of benzene rings is 1. The SMILES string of the molecule is O=C1O[C@@H](COc2ccon2)CN1c1ccc(-c2cccnc2)c(F)c1. The highest BCUT2D eigenvalue weighted by Crippen LogP contribution is 2.28. The summed E-state index contributed by atoms with van der Waals surface area (Å²) >= 11 is 0. The summed E-state index contributed by atoms with van der Waals surface area (Å²) in [7, 11) is 0. The standard InChI is InChI=1S/C18H14FN3O4/c19-16-8-13(3-4-15(16)12-2-1-6-20-9-12)22-10-14(26-18(22)23)11-24-17-5-7-25-21-17/h1-9,14H,10-11H2/t14-/m1/s1. The van der Waals surface area contributed by atoms with Crippen LogP contribution in [0.2, 0.25) is 0 Å². The molecule has 132 valence electrons. The number of hydrogen-bond acceptors (Lipinski definition) is 6. The van der Waals surface area contributed by atoms with Crippen LogP contribution < -0.4 is 9.64 Å². The number of rotatable bonds is 5. The Kier molecular flexibility index (Phi) is 4.22. The molecule has 0 saturated carbocycles. The first kappa shape index (κ1) is 16.1. The van der Waals surface area contributed by atoms with Gasteiger partial charge in [-0.3, -0.25) is 9.88 Å². The lowest BCUT2D eigenvalue weighted by molar-refractivity contribution is 0.102. The maximum absolute atomic E-state index is 14.5. The Morgan fingerprint density at radius 1 is 1.31 bits per heavy atom. The lowest BCUT2D eigenvalue weighted by Crippen LogP contribution is -2.26. The van der Waals surface area contributed by atoms with Crippen LogP contribution in [0.25, 0.3) is 11.1 Å². The largest absolute Gasteiger partial charge is 0.471 e. The average molecular weight is 355 g/mol. The number of amides is 1. The fraction of sp³-hybridized carbons (Fsp3) is 0.167. The summed E-state index contributed by atoms with van der Waals surface area (Å²) in [4.78, 5) is 17.5. The van der Waals surface area contributed by atoms with Gasteiger partial charge in [-0.2, -0.15) is 0 Å². The van der Waals surface area contributed by atoms with Gasteiger partial charge in [0.05, 0.1) is 12.2 Å². The van der Waals surface area contributed by atoms with Gasteiger partial charge >= 0.3 is 6.09 Å². The van der Waals surface area contributed by atoms with E-state index in [1.165, 1.54) is 17.2 Å². The number of anilines is 1. The summed E-state index contributed by atoms with van der Waals surface area (Å²) in [6.45, 7) is 0.382. The number of hydrogen-bond donors (Lipinski definition) is 0. The van der Waals surface area contributed by atoms with Gasteiger partial charge in [0.25, 0.3) is 5.88 Å². The van der Waals surface area contributed by atoms with Crippen LogP contribution in [0, 0.1) is 5.82 Å². The summed E-state index contributed by atoms with van der Waals surface area (Å²) in [5.41, 5.74) is 1.50. The molecule has 0 spiro atoms. The van der Waals surface area contributed by atoms with Crippen LogP contribution in [-0.4, -0.2) is 35.5 Å². The van der Waals surface area contributed by atoms with E-state index in [-0.39, 0.29) is 13.2 Å². The van der Waals surface area contributed by atoms with Crippen molar-refractivity contribution in [2.45, 2.75) is 6.10 Å². The quantitative estimate of drug-likeness (QED) is 0.699. The van der Waals surface area contributed by atoms with Crippen molar-refractivity contribution in [3.05, 3.63) is 60.9 Å². The third-order valence-corrected chi connectivity index (χ3v) is 3.94. The molecule has 0 unspecified atom stereocenters. The van der Waals surface area contributed by atoms with Gasteiger partial charge in [0, 0.05) is 29.6 Å². The normalized spacial score (nSPS) is 16.6. The lowest BCUT2D eigenvalue weighted by Gasteiger charge is -2.14. The molecule has 7 nitrogen and oxygen atoms in total. The van der Waals surface area contributed by atoms with Crippen LogP contribution >= 0.6 is 0 Å². The van der Waals surface area contributed by atoms with Crippen molar-refractivity contribution in [1.29, 1.82) is 0 Å². The minimum atomic E-state index is -0.549. The van der Waals surface area contributed by atoms with Crippen LogP contribution in [0.5, 0.6) is 5.88 Å². The first-order valence-electron chi connectivity index (χ1n) is 7.92. The Balaban J connectivity index is 1.47. The fourth-order valence-electron chi connectivity index (χ4n) is 2.70. The van der Waals surface area contributed by atoms with Gasteiger partial charge in [0.1, 0.15) is 18.7 Å². The topological polar surface area (TPSA) is 77.7 Å². The molecule has 1 aliphatic rings. The molecule has 4 rings (SSSR count). The van der Waals surface area contributed by atoms with E-state index in [4.69, 9.17) is 9.47 Å². The Morgan fingerprint density at radius 3 is 2.96 bits per heavy atom. The summed E-state index contributed by atoms with van der Waals surface area (Å²) in [6, 6.07) is 9.67. The first-order valence-corrected chi connectivity index (χ1v) is 7.92. The molecule has 3 aromatic rings. The zero-order chi connectivity index (χ0) is 17.9. The van der Waals surface area contributed by atoms with Crippen LogP contribution in [0.1, 0.15) is 0 Å². The highest BCUT2D eigenvalue weighted by molar-refractivity contribution is 5.90. The van der Waals surface area contributed by atoms with E-state index in [0.29, 0.717) is 22.7 Å². The highest BCUT2D eigenvalue weighted by atomic mass is 19.1. The van der Waals surface area contributed by atoms with Gasteiger partial charge in [-0.15, -0.1) is 0 Å². The fourth-order valence-corrected chi connectivity index (χ4v) is 2.70. The van der Waals surface area contributed by atoms with Gasteiger partial charge in [0.15, 0.2) is 6.10 Å². The van der Waals surface area contributed by atoms with Gasteiger partial charge < -0.3 is 14.0 Å². The van der Waals surface area contributed by atoms with Crippen molar-refractivity contribution < 1.29 is 23.2 Å². The molecular weight excluding hydrogens is 341 g/mol. The van der Waals surface area contributed by atoms with E-state index in [9.17, 15) is 9.18 Å². The van der Waals surface area contributed by atoms with E-state index in [0.717, 1.165) is 0 Å². The van der Waals surface area contributed by atoms with Crippen molar-refractivity contribution in [3.8, 4) is 17.0 Å². The van der Waals surface area contributed by atoms with E-state index < -0.39 is 18.0 Å². The van der Waals surface area contributed by atoms with Crippen LogP contribution in [-0.2, 0) is 4.74 Å². The van der Waals surface area contributed by atoms with Gasteiger partial charge in [-0.25, -0.2) is 9.18 Å². The smallest absolute Gasteiger partial charge is 0.414 e. The predicted molar refractivity (Wildman–Crippen MR) is 89.2 cm³/mol. The number of nitrogens with zero attached hydrogens (tertiary/aromatic N) is 3. The number of pyridine rings is 1. The summed E-state index contributed by atoms with van der Waals surface area (Å²) in [5.74, 6) is -0.128. The molecule has 1 aliphatic heterocycles. The van der Waals surface area contributed by atoms with E-state index in [2.05, 4.69) is 14.7 Å². The van der Waals surface area contributed by atoms with Crippen LogP contribution in [0.4, 0.5) is 14.9 Å². The molecule has 2 aromatic heterocycles. The molecule has 0 N–H and O–H groups in total. The molecule has 1 atom stereocenters. The van der Waals surface area contributed by atoms with Crippen molar-refractivity contribution in [3.63, 3.8) is 0 Å². The number of ether oxygens (including phenoxy) is 2. The molecular formula is C18H14FN3O4. The van der Waals surface area contributed by atoms with Crippen LogP contribution in [0.3, 0.4) is 0 Å². The summed E-state index contributed by atoms with van der Waals surface area (Å²) < 4.78 is 29.8. The van der Waals surface area contributed by atoms with E-state index in [1.54, 1.807) is 42.7 Å². The molecule has 26 heavy (non-hydrogen) atoms. The Morgan fingerprint density at radius 2 is 2.23 bits per heavy atom. The third-order valence-electron chi connectivity index (χ3n) is 3.94. The maximum Gasteiger partial charge on any atom is 0.414 e. The Hall–Kier alpha value is -3.42. The Labute approximate surface area is 147 Å². The van der Waals surface area contributed by atoms with Gasteiger partial charge in [-0.05, 0) is 29.4 Å². The number of carbonyl (C=O) groups excluding carboxylic acids is 1. The minimum Gasteiger partial charge on any atom is -0.471 e. The monoisotopic (exact) mass is 355 g/mol. The second kappa shape index (κ2) is 6.83. The number of aromatic nitrogens is 2. The maximum atomic E-state index is 14.5. The van der Waals surface area contributed by atoms with Crippen molar-refractivity contribution >= 4 is 11.8 Å². The lowest BCUT2D eigenvalue weighted by atomic mass is 10.1. The molecule has 1 amide bonds.